The van der Waals surface area contributed by atoms with Gasteiger partial charge in [0.25, 0.3) is 0 Å². The first kappa shape index (κ1) is 13.9. The van der Waals surface area contributed by atoms with Crippen molar-refractivity contribution in [3.63, 3.8) is 0 Å². The van der Waals surface area contributed by atoms with Crippen LogP contribution in [0.25, 0.3) is 5.57 Å². The molecule has 21 heavy (non-hydrogen) atoms. The zero-order valence-electron chi connectivity index (χ0n) is 12.5. The largest absolute Gasteiger partial charge is 0.493 e. The quantitative estimate of drug-likeness (QED) is 0.806. The van der Waals surface area contributed by atoms with Crippen LogP contribution in [0, 0.1) is 6.92 Å². The predicted octanol–water partition coefficient (Wildman–Crippen LogP) is 4.56. The third-order valence-corrected chi connectivity index (χ3v) is 3.81. The zero-order valence-corrected chi connectivity index (χ0v) is 12.5. The fourth-order valence-corrected chi connectivity index (χ4v) is 2.61. The second-order valence-electron chi connectivity index (χ2n) is 5.41. The van der Waals surface area contributed by atoms with Gasteiger partial charge in [-0.25, -0.2) is 4.98 Å². The van der Waals surface area contributed by atoms with Gasteiger partial charge in [-0.2, -0.15) is 0 Å². The lowest BCUT2D eigenvalue weighted by Crippen LogP contribution is -2.02. The van der Waals surface area contributed by atoms with Crippen molar-refractivity contribution in [2.75, 3.05) is 6.61 Å². The van der Waals surface area contributed by atoms with E-state index in [1.165, 1.54) is 18.4 Å². The number of para-hydroxylation sites is 1. The van der Waals surface area contributed by atoms with Gasteiger partial charge in [-0.3, -0.25) is 0 Å². The van der Waals surface area contributed by atoms with Gasteiger partial charge in [-0.15, -0.1) is 0 Å². The molecule has 0 saturated carbocycles. The Balaban J connectivity index is 1.61. The first-order valence-electron chi connectivity index (χ1n) is 7.66. The van der Waals surface area contributed by atoms with Crippen molar-refractivity contribution in [2.45, 2.75) is 39.0 Å². The van der Waals surface area contributed by atoms with Crippen molar-refractivity contribution in [3.8, 4) is 5.75 Å². The number of ether oxygens (including phenoxy) is 1. The molecule has 0 atom stereocenters. The van der Waals surface area contributed by atoms with E-state index < -0.39 is 0 Å². The SMILES string of the molecule is Cc1oc(C2=CCCCC2)nc1CCOc1ccccc1. The molecule has 110 valence electrons. The number of rotatable bonds is 5. The molecular formula is C18H21NO2. The van der Waals surface area contributed by atoms with Crippen LogP contribution in [0.1, 0.15) is 43.0 Å². The van der Waals surface area contributed by atoms with Crippen molar-refractivity contribution < 1.29 is 9.15 Å². The number of benzene rings is 1. The molecule has 2 aromatic rings. The lowest BCUT2D eigenvalue weighted by atomic mass is 10.00. The number of hydrogen-bond donors (Lipinski definition) is 0. The molecule has 0 bridgehead atoms. The summed E-state index contributed by atoms with van der Waals surface area (Å²) in [5.74, 6) is 2.61. The monoisotopic (exact) mass is 283 g/mol. The molecular weight excluding hydrogens is 262 g/mol. The third kappa shape index (κ3) is 3.54. The number of hydrogen-bond acceptors (Lipinski definition) is 3. The number of oxazole rings is 1. The zero-order chi connectivity index (χ0) is 14.5. The summed E-state index contributed by atoms with van der Waals surface area (Å²) in [5, 5.41) is 0. The Morgan fingerprint density at radius 1 is 1.19 bits per heavy atom. The summed E-state index contributed by atoms with van der Waals surface area (Å²) >= 11 is 0. The minimum absolute atomic E-state index is 0.621. The van der Waals surface area contributed by atoms with Crippen LogP contribution in [0.3, 0.4) is 0 Å². The fraction of sp³-hybridized carbons (Fsp3) is 0.389. The van der Waals surface area contributed by atoms with Gasteiger partial charge in [0.1, 0.15) is 11.5 Å². The molecule has 3 rings (SSSR count). The summed E-state index contributed by atoms with van der Waals surface area (Å²) in [6.45, 7) is 2.60. The Morgan fingerprint density at radius 2 is 2.05 bits per heavy atom. The third-order valence-electron chi connectivity index (χ3n) is 3.81. The summed E-state index contributed by atoms with van der Waals surface area (Å²) in [7, 11) is 0. The second kappa shape index (κ2) is 6.61. The first-order chi connectivity index (χ1) is 10.3. The summed E-state index contributed by atoms with van der Waals surface area (Å²) in [6, 6.07) is 9.87. The minimum Gasteiger partial charge on any atom is -0.493 e. The molecule has 1 aromatic carbocycles. The summed E-state index contributed by atoms with van der Waals surface area (Å²) in [6.07, 6.45) is 7.78. The van der Waals surface area contributed by atoms with E-state index in [9.17, 15) is 0 Å². The molecule has 3 heteroatoms. The summed E-state index contributed by atoms with van der Waals surface area (Å²) < 4.78 is 11.5. The van der Waals surface area contributed by atoms with E-state index in [0.717, 1.165) is 42.4 Å². The van der Waals surface area contributed by atoms with Crippen molar-refractivity contribution in [3.05, 3.63) is 53.8 Å². The lowest BCUT2D eigenvalue weighted by molar-refractivity contribution is 0.320. The van der Waals surface area contributed by atoms with Crippen LogP contribution < -0.4 is 4.74 Å². The van der Waals surface area contributed by atoms with Crippen LogP contribution in [-0.2, 0) is 6.42 Å². The molecule has 0 saturated heterocycles. The van der Waals surface area contributed by atoms with Gasteiger partial charge in [0.15, 0.2) is 0 Å². The average molecular weight is 283 g/mol. The maximum absolute atomic E-state index is 5.82. The molecule has 0 spiro atoms. The van der Waals surface area contributed by atoms with Crippen LogP contribution in [0.4, 0.5) is 0 Å². The molecule has 0 N–H and O–H groups in total. The van der Waals surface area contributed by atoms with Crippen LogP contribution in [-0.4, -0.2) is 11.6 Å². The van der Waals surface area contributed by atoms with E-state index in [2.05, 4.69) is 11.1 Å². The molecule has 1 aromatic heterocycles. The van der Waals surface area contributed by atoms with Crippen molar-refractivity contribution in [2.24, 2.45) is 0 Å². The van der Waals surface area contributed by atoms with Gasteiger partial charge < -0.3 is 9.15 Å². The van der Waals surface area contributed by atoms with Gasteiger partial charge in [-0.1, -0.05) is 24.3 Å². The number of aromatic nitrogens is 1. The van der Waals surface area contributed by atoms with Crippen molar-refractivity contribution >= 4 is 5.57 Å². The van der Waals surface area contributed by atoms with E-state index in [1.54, 1.807) is 0 Å². The van der Waals surface area contributed by atoms with Gasteiger partial charge in [0, 0.05) is 12.0 Å². The topological polar surface area (TPSA) is 35.3 Å². The second-order valence-corrected chi connectivity index (χ2v) is 5.41. The normalized spacial score (nSPS) is 14.8. The molecule has 1 aliphatic carbocycles. The molecule has 0 unspecified atom stereocenters. The van der Waals surface area contributed by atoms with Crippen LogP contribution in [0.15, 0.2) is 40.8 Å². The van der Waals surface area contributed by atoms with E-state index in [-0.39, 0.29) is 0 Å². The van der Waals surface area contributed by atoms with Crippen molar-refractivity contribution in [1.29, 1.82) is 0 Å². The highest BCUT2D eigenvalue weighted by atomic mass is 16.5. The maximum Gasteiger partial charge on any atom is 0.222 e. The highest BCUT2D eigenvalue weighted by Gasteiger charge is 2.15. The molecule has 1 aliphatic rings. The summed E-state index contributed by atoms with van der Waals surface area (Å²) in [5.41, 5.74) is 2.27. The van der Waals surface area contributed by atoms with Gasteiger partial charge >= 0.3 is 0 Å². The highest BCUT2D eigenvalue weighted by Crippen LogP contribution is 2.27. The highest BCUT2D eigenvalue weighted by molar-refractivity contribution is 5.59. The average Bonchev–Trinajstić information content (AvgIpc) is 2.91. The van der Waals surface area contributed by atoms with Crippen LogP contribution >= 0.6 is 0 Å². The van der Waals surface area contributed by atoms with Gasteiger partial charge in [0.05, 0.1) is 12.3 Å². The van der Waals surface area contributed by atoms with Crippen LogP contribution in [0.5, 0.6) is 5.75 Å². The molecule has 0 radical (unpaired) electrons. The molecule has 0 aliphatic heterocycles. The number of allylic oxidation sites excluding steroid dienone is 2. The van der Waals surface area contributed by atoms with Crippen LogP contribution in [0.2, 0.25) is 0 Å². The lowest BCUT2D eigenvalue weighted by Gasteiger charge is -2.08. The molecule has 3 nitrogen and oxygen atoms in total. The smallest absolute Gasteiger partial charge is 0.222 e. The Morgan fingerprint density at radius 3 is 2.81 bits per heavy atom. The van der Waals surface area contributed by atoms with E-state index in [1.807, 2.05) is 37.3 Å². The van der Waals surface area contributed by atoms with Gasteiger partial charge in [-0.05, 0) is 44.7 Å². The number of nitrogens with zero attached hydrogens (tertiary/aromatic N) is 1. The van der Waals surface area contributed by atoms with E-state index in [0.29, 0.717) is 6.61 Å². The molecule has 1 heterocycles. The Hall–Kier alpha value is -2.03. The first-order valence-corrected chi connectivity index (χ1v) is 7.66. The molecule has 0 fully saturated rings. The Labute approximate surface area is 125 Å². The minimum atomic E-state index is 0.621. The van der Waals surface area contributed by atoms with E-state index in [4.69, 9.17) is 9.15 Å². The molecule has 0 amide bonds. The Bertz CT molecular complexity index is 613. The number of aryl methyl sites for hydroxylation is 1. The fourth-order valence-electron chi connectivity index (χ4n) is 2.61. The van der Waals surface area contributed by atoms with Crippen molar-refractivity contribution in [1.82, 2.24) is 4.98 Å². The van der Waals surface area contributed by atoms with E-state index >= 15 is 0 Å². The van der Waals surface area contributed by atoms with Gasteiger partial charge in [0.2, 0.25) is 5.89 Å². The standard InChI is InChI=1S/C18H21NO2/c1-14-17(12-13-20-16-10-6-3-7-11-16)19-18(21-14)15-8-4-2-5-9-15/h3,6-8,10-11H,2,4-5,9,12-13H2,1H3. The predicted molar refractivity (Wildman–Crippen MR) is 83.3 cm³/mol. The summed E-state index contributed by atoms with van der Waals surface area (Å²) in [4.78, 5) is 4.65. The Kier molecular flexibility index (Phi) is 4.39. The maximum atomic E-state index is 5.82.